The topological polar surface area (TPSA) is 92.5 Å². The molecule has 0 spiro atoms. The zero-order valence-electron chi connectivity index (χ0n) is 13.1. The summed E-state index contributed by atoms with van der Waals surface area (Å²) in [6, 6.07) is 0.224. The number of azide groups is 1. The number of aliphatic hydroxyl groups excluding tert-OH is 1. The molecule has 7 nitrogen and oxygen atoms in total. The van der Waals surface area contributed by atoms with Gasteiger partial charge in [0.1, 0.15) is 0 Å². The third kappa shape index (κ3) is 5.91. The van der Waals surface area contributed by atoms with E-state index < -0.39 is 0 Å². The first kappa shape index (κ1) is 17.8. The second-order valence-corrected chi connectivity index (χ2v) is 5.68. The maximum atomic E-state index is 12.0. The van der Waals surface area contributed by atoms with Gasteiger partial charge in [0, 0.05) is 37.0 Å². The van der Waals surface area contributed by atoms with Crippen LogP contribution < -0.4 is 0 Å². The summed E-state index contributed by atoms with van der Waals surface area (Å²) in [5.41, 5.74) is 8.34. The number of carbonyl (C=O) groups excluding carboxylic acids is 1. The minimum absolute atomic E-state index is 0.164. The number of nitrogens with zero attached hydrogens (tertiary/aromatic N) is 5. The largest absolute Gasteiger partial charge is 0.395 e. The third-order valence-electron chi connectivity index (χ3n) is 4.13. The summed E-state index contributed by atoms with van der Waals surface area (Å²) in [5, 5.41) is 12.5. The van der Waals surface area contributed by atoms with Crippen LogP contribution >= 0.6 is 0 Å². The minimum atomic E-state index is 0.164. The summed E-state index contributed by atoms with van der Waals surface area (Å²) >= 11 is 0. The molecule has 2 atom stereocenters. The fourth-order valence-electron chi connectivity index (χ4n) is 2.84. The van der Waals surface area contributed by atoms with Crippen molar-refractivity contribution in [3.05, 3.63) is 10.4 Å². The molecule has 1 aliphatic rings. The summed E-state index contributed by atoms with van der Waals surface area (Å²) in [6.07, 6.45) is 2.47. The number of likely N-dealkylation sites (tertiary alicyclic amines) is 1. The van der Waals surface area contributed by atoms with Gasteiger partial charge >= 0.3 is 0 Å². The zero-order valence-corrected chi connectivity index (χ0v) is 13.1. The Morgan fingerprint density at radius 2 is 2.33 bits per heavy atom. The predicted molar refractivity (Wildman–Crippen MR) is 81.7 cm³/mol. The van der Waals surface area contributed by atoms with Crippen LogP contribution in [-0.2, 0) is 4.79 Å². The van der Waals surface area contributed by atoms with E-state index in [4.69, 9.17) is 10.6 Å². The van der Waals surface area contributed by atoms with Crippen molar-refractivity contribution in [2.24, 2.45) is 11.0 Å². The fraction of sp³-hybridized carbons (Fsp3) is 0.929. The highest BCUT2D eigenvalue weighted by molar-refractivity contribution is 5.79. The molecular formula is C14H27N5O2. The molecule has 120 valence electrons. The molecule has 1 aliphatic heterocycles. The highest BCUT2D eigenvalue weighted by atomic mass is 16.3. The monoisotopic (exact) mass is 297 g/mol. The first-order valence-corrected chi connectivity index (χ1v) is 7.75. The molecule has 0 aromatic rings. The summed E-state index contributed by atoms with van der Waals surface area (Å²) in [4.78, 5) is 18.9. The van der Waals surface area contributed by atoms with Gasteiger partial charge in [-0.2, -0.15) is 0 Å². The lowest BCUT2D eigenvalue weighted by Gasteiger charge is -2.26. The maximum absolute atomic E-state index is 12.0. The molecule has 7 heteroatoms. The van der Waals surface area contributed by atoms with Gasteiger partial charge in [-0.25, -0.2) is 0 Å². The Morgan fingerprint density at radius 3 is 2.95 bits per heavy atom. The molecule has 0 aromatic carbocycles. The Balaban J connectivity index is 2.33. The lowest BCUT2D eigenvalue weighted by atomic mass is 10.1. The molecule has 0 aliphatic carbocycles. The number of rotatable bonds is 10. The van der Waals surface area contributed by atoms with Crippen LogP contribution in [0, 0.1) is 5.92 Å². The van der Waals surface area contributed by atoms with Gasteiger partial charge in [0.05, 0.1) is 6.61 Å². The van der Waals surface area contributed by atoms with Crippen molar-refractivity contribution in [3.63, 3.8) is 0 Å². The second kappa shape index (κ2) is 9.60. The molecule has 0 aromatic heterocycles. The van der Waals surface area contributed by atoms with Gasteiger partial charge in [-0.05, 0) is 44.3 Å². The average Bonchev–Trinajstić information content (AvgIpc) is 2.85. The van der Waals surface area contributed by atoms with Crippen LogP contribution in [-0.4, -0.2) is 66.2 Å². The van der Waals surface area contributed by atoms with E-state index in [1.165, 1.54) is 0 Å². The van der Waals surface area contributed by atoms with E-state index in [9.17, 15) is 4.79 Å². The minimum Gasteiger partial charge on any atom is -0.395 e. The SMILES string of the molecule is CCN(CCO)CCCC(C)N1CC(CN=[N+]=[N-])CC1=O. The van der Waals surface area contributed by atoms with Crippen LogP contribution in [0.3, 0.4) is 0 Å². The van der Waals surface area contributed by atoms with E-state index in [1.54, 1.807) is 0 Å². The summed E-state index contributed by atoms with van der Waals surface area (Å²) < 4.78 is 0. The van der Waals surface area contributed by atoms with Crippen molar-refractivity contribution < 1.29 is 9.90 Å². The normalized spacial score (nSPS) is 19.9. The van der Waals surface area contributed by atoms with E-state index in [-0.39, 0.29) is 24.5 Å². The number of likely N-dealkylation sites (N-methyl/N-ethyl adjacent to an activating group) is 1. The van der Waals surface area contributed by atoms with Gasteiger partial charge in [-0.15, -0.1) is 0 Å². The van der Waals surface area contributed by atoms with Crippen LogP contribution in [0.5, 0.6) is 0 Å². The van der Waals surface area contributed by atoms with Gasteiger partial charge in [0.15, 0.2) is 0 Å². The summed E-state index contributed by atoms with van der Waals surface area (Å²) in [6.45, 7) is 8.06. The zero-order chi connectivity index (χ0) is 15.7. The van der Waals surface area contributed by atoms with Gasteiger partial charge in [0.2, 0.25) is 5.91 Å². The number of aliphatic hydroxyl groups is 1. The number of hydrogen-bond acceptors (Lipinski definition) is 4. The van der Waals surface area contributed by atoms with E-state index in [2.05, 4.69) is 28.8 Å². The highest BCUT2D eigenvalue weighted by Crippen LogP contribution is 2.22. The Hall–Kier alpha value is -1.30. The van der Waals surface area contributed by atoms with E-state index in [1.807, 2.05) is 4.90 Å². The number of amides is 1. The Labute approximate surface area is 126 Å². The molecule has 21 heavy (non-hydrogen) atoms. The van der Waals surface area contributed by atoms with Gasteiger partial charge in [-0.3, -0.25) is 4.79 Å². The smallest absolute Gasteiger partial charge is 0.223 e. The molecule has 1 N–H and O–H groups in total. The molecule has 0 radical (unpaired) electrons. The fourth-order valence-corrected chi connectivity index (χ4v) is 2.84. The first-order chi connectivity index (χ1) is 10.1. The molecule has 0 bridgehead atoms. The Morgan fingerprint density at radius 1 is 1.57 bits per heavy atom. The quantitative estimate of drug-likeness (QED) is 0.377. The molecular weight excluding hydrogens is 270 g/mol. The Kier molecular flexibility index (Phi) is 8.12. The third-order valence-corrected chi connectivity index (χ3v) is 4.13. The summed E-state index contributed by atoms with van der Waals surface area (Å²) in [7, 11) is 0. The van der Waals surface area contributed by atoms with Crippen molar-refractivity contribution in [1.29, 1.82) is 0 Å². The van der Waals surface area contributed by atoms with Crippen LogP contribution in [0.15, 0.2) is 5.11 Å². The van der Waals surface area contributed by atoms with Crippen LogP contribution in [0.1, 0.15) is 33.1 Å². The van der Waals surface area contributed by atoms with Crippen LogP contribution in [0.2, 0.25) is 0 Å². The molecule has 1 saturated heterocycles. The van der Waals surface area contributed by atoms with Crippen molar-refractivity contribution in [2.45, 2.75) is 39.2 Å². The Bertz CT molecular complexity index is 370. The summed E-state index contributed by atoms with van der Waals surface area (Å²) in [5.74, 6) is 0.334. The van der Waals surface area contributed by atoms with E-state index in [0.717, 1.165) is 25.9 Å². The van der Waals surface area contributed by atoms with Crippen LogP contribution in [0.4, 0.5) is 0 Å². The van der Waals surface area contributed by atoms with Crippen molar-refractivity contribution in [1.82, 2.24) is 9.80 Å². The number of hydrogen-bond donors (Lipinski definition) is 1. The maximum Gasteiger partial charge on any atom is 0.223 e. The molecule has 2 unspecified atom stereocenters. The molecule has 1 fully saturated rings. The van der Waals surface area contributed by atoms with E-state index >= 15 is 0 Å². The lowest BCUT2D eigenvalue weighted by Crippen LogP contribution is -2.35. The number of carbonyl (C=O) groups is 1. The van der Waals surface area contributed by atoms with Gasteiger partial charge < -0.3 is 14.9 Å². The van der Waals surface area contributed by atoms with E-state index in [0.29, 0.717) is 26.1 Å². The van der Waals surface area contributed by atoms with Crippen molar-refractivity contribution >= 4 is 5.91 Å². The second-order valence-electron chi connectivity index (χ2n) is 5.68. The average molecular weight is 297 g/mol. The van der Waals surface area contributed by atoms with Crippen LogP contribution in [0.25, 0.3) is 10.4 Å². The molecule has 0 saturated carbocycles. The van der Waals surface area contributed by atoms with Gasteiger partial charge in [-0.1, -0.05) is 12.0 Å². The molecule has 1 heterocycles. The van der Waals surface area contributed by atoms with Crippen molar-refractivity contribution in [2.75, 3.05) is 39.3 Å². The molecule has 1 amide bonds. The molecule has 1 rings (SSSR count). The predicted octanol–water partition coefficient (Wildman–Crippen LogP) is 1.63. The standard InChI is InChI=1S/C14H27N5O2/c1-3-18(7-8-20)6-4-5-12(2)19-11-13(9-14(19)21)10-16-17-15/h12-13,20H,3-11H2,1-2H3. The first-order valence-electron chi connectivity index (χ1n) is 7.75. The van der Waals surface area contributed by atoms with Crippen molar-refractivity contribution in [3.8, 4) is 0 Å². The highest BCUT2D eigenvalue weighted by Gasteiger charge is 2.31. The van der Waals surface area contributed by atoms with Gasteiger partial charge in [0.25, 0.3) is 0 Å². The lowest BCUT2D eigenvalue weighted by molar-refractivity contribution is -0.129.